The van der Waals surface area contributed by atoms with Crippen molar-refractivity contribution in [3.63, 3.8) is 0 Å². The highest BCUT2D eigenvalue weighted by molar-refractivity contribution is 6.01. The Labute approximate surface area is 180 Å². The normalized spacial score (nSPS) is 13.4. The molecule has 3 aromatic rings. The van der Waals surface area contributed by atoms with Gasteiger partial charge >= 0.3 is 5.97 Å². The van der Waals surface area contributed by atoms with Crippen LogP contribution in [-0.2, 0) is 14.9 Å². The maximum atomic E-state index is 13.3. The zero-order valence-electron chi connectivity index (χ0n) is 17.7. The van der Waals surface area contributed by atoms with Gasteiger partial charge in [-0.3, -0.25) is 19.7 Å². The predicted octanol–water partition coefficient (Wildman–Crippen LogP) is 4.36. The van der Waals surface area contributed by atoms with Gasteiger partial charge in [-0.15, -0.1) is 0 Å². The fourth-order valence-corrected chi connectivity index (χ4v) is 3.44. The SMILES string of the molecule is CC(C)(C)OC(=O)C(CC(=O)c1ccc2ccccc2n1)(C[N+](=O)[O-])c1ccccc1. The molecule has 0 bridgehead atoms. The van der Waals surface area contributed by atoms with E-state index in [4.69, 9.17) is 4.74 Å². The van der Waals surface area contributed by atoms with E-state index in [0.717, 1.165) is 5.39 Å². The fraction of sp³-hybridized carbons (Fsp3) is 0.292. The van der Waals surface area contributed by atoms with E-state index in [-0.39, 0.29) is 5.69 Å². The van der Waals surface area contributed by atoms with Crippen LogP contribution in [0.3, 0.4) is 0 Å². The molecule has 2 aromatic carbocycles. The van der Waals surface area contributed by atoms with Gasteiger partial charge < -0.3 is 4.74 Å². The maximum Gasteiger partial charge on any atom is 0.324 e. The number of rotatable bonds is 7. The summed E-state index contributed by atoms with van der Waals surface area (Å²) < 4.78 is 5.55. The van der Waals surface area contributed by atoms with Crippen molar-refractivity contribution < 1.29 is 19.2 Å². The van der Waals surface area contributed by atoms with Crippen LogP contribution >= 0.6 is 0 Å². The first-order valence-electron chi connectivity index (χ1n) is 9.90. The zero-order valence-corrected chi connectivity index (χ0v) is 17.7. The van der Waals surface area contributed by atoms with Gasteiger partial charge in [-0.25, -0.2) is 4.98 Å². The van der Waals surface area contributed by atoms with Crippen LogP contribution in [0.15, 0.2) is 66.7 Å². The monoisotopic (exact) mass is 420 g/mol. The lowest BCUT2D eigenvalue weighted by Crippen LogP contribution is -2.47. The highest BCUT2D eigenvalue weighted by atomic mass is 16.6. The summed E-state index contributed by atoms with van der Waals surface area (Å²) in [6.07, 6.45) is -0.432. The van der Waals surface area contributed by atoms with E-state index in [9.17, 15) is 19.7 Å². The Morgan fingerprint density at radius 1 is 0.968 bits per heavy atom. The predicted molar refractivity (Wildman–Crippen MR) is 117 cm³/mol. The summed E-state index contributed by atoms with van der Waals surface area (Å²) in [7, 11) is 0. The van der Waals surface area contributed by atoms with Crippen LogP contribution in [0.2, 0.25) is 0 Å². The summed E-state index contributed by atoms with van der Waals surface area (Å²) in [4.78, 5) is 42.0. The van der Waals surface area contributed by atoms with Crippen molar-refractivity contribution >= 4 is 22.7 Å². The topological polar surface area (TPSA) is 99.4 Å². The van der Waals surface area contributed by atoms with Crippen molar-refractivity contribution in [2.75, 3.05) is 6.54 Å². The van der Waals surface area contributed by atoms with Crippen molar-refractivity contribution in [1.82, 2.24) is 4.98 Å². The fourth-order valence-electron chi connectivity index (χ4n) is 3.44. The molecule has 7 heteroatoms. The first-order chi connectivity index (χ1) is 14.6. The van der Waals surface area contributed by atoms with E-state index in [2.05, 4.69) is 4.98 Å². The molecule has 0 radical (unpaired) electrons. The number of para-hydroxylation sites is 1. The summed E-state index contributed by atoms with van der Waals surface area (Å²) >= 11 is 0. The minimum atomic E-state index is -1.78. The molecule has 0 saturated carbocycles. The number of fused-ring (bicyclic) bond motifs is 1. The smallest absolute Gasteiger partial charge is 0.324 e. The van der Waals surface area contributed by atoms with Crippen molar-refractivity contribution in [3.05, 3.63) is 88.1 Å². The number of carbonyl (C=O) groups excluding carboxylic acids is 2. The Morgan fingerprint density at radius 2 is 1.61 bits per heavy atom. The number of hydrogen-bond acceptors (Lipinski definition) is 6. The average molecular weight is 420 g/mol. The Bertz CT molecular complexity index is 1120. The van der Waals surface area contributed by atoms with Gasteiger partial charge in [0.15, 0.2) is 11.2 Å². The van der Waals surface area contributed by atoms with Gasteiger partial charge in [-0.05, 0) is 38.5 Å². The van der Waals surface area contributed by atoms with Crippen LogP contribution < -0.4 is 0 Å². The summed E-state index contributed by atoms with van der Waals surface area (Å²) in [5, 5.41) is 12.5. The summed E-state index contributed by atoms with van der Waals surface area (Å²) in [5.74, 6) is -1.28. The third-order valence-corrected chi connectivity index (χ3v) is 4.86. The van der Waals surface area contributed by atoms with Gasteiger partial charge in [-0.1, -0.05) is 54.6 Å². The van der Waals surface area contributed by atoms with E-state index < -0.39 is 40.7 Å². The molecule has 0 spiro atoms. The van der Waals surface area contributed by atoms with Crippen LogP contribution in [0, 0.1) is 10.1 Å². The number of pyridine rings is 1. The van der Waals surface area contributed by atoms with E-state index >= 15 is 0 Å². The molecule has 0 saturated heterocycles. The van der Waals surface area contributed by atoms with Crippen LogP contribution in [0.25, 0.3) is 10.9 Å². The quantitative estimate of drug-likeness (QED) is 0.244. The van der Waals surface area contributed by atoms with E-state index in [1.165, 1.54) is 0 Å². The molecule has 3 rings (SSSR count). The van der Waals surface area contributed by atoms with Gasteiger partial charge in [0.1, 0.15) is 11.3 Å². The van der Waals surface area contributed by atoms with Gasteiger partial charge in [-0.2, -0.15) is 0 Å². The van der Waals surface area contributed by atoms with Crippen molar-refractivity contribution in [2.24, 2.45) is 0 Å². The first-order valence-corrected chi connectivity index (χ1v) is 9.90. The second kappa shape index (κ2) is 8.63. The highest BCUT2D eigenvalue weighted by Crippen LogP contribution is 2.33. The number of nitro groups is 1. The number of carbonyl (C=O) groups is 2. The molecule has 7 nitrogen and oxygen atoms in total. The molecule has 1 heterocycles. The number of benzene rings is 2. The molecule has 0 N–H and O–H groups in total. The number of aromatic nitrogens is 1. The van der Waals surface area contributed by atoms with E-state index in [0.29, 0.717) is 11.1 Å². The van der Waals surface area contributed by atoms with E-state index in [1.54, 1.807) is 69.3 Å². The maximum absolute atomic E-state index is 13.3. The number of Topliss-reactive ketones (excluding diaryl/α,β-unsaturated/α-hetero) is 1. The lowest BCUT2D eigenvalue weighted by Gasteiger charge is -2.31. The summed E-state index contributed by atoms with van der Waals surface area (Å²) in [6, 6.07) is 19.0. The zero-order chi connectivity index (χ0) is 22.6. The van der Waals surface area contributed by atoms with Crippen LogP contribution in [0.1, 0.15) is 43.2 Å². The van der Waals surface area contributed by atoms with Gasteiger partial charge in [0.25, 0.3) is 0 Å². The average Bonchev–Trinajstić information content (AvgIpc) is 2.71. The Kier molecular flexibility index (Phi) is 6.15. The minimum absolute atomic E-state index is 0.144. The standard InChI is InChI=1S/C24H24N2O5/c1-23(2,3)31-22(28)24(16-26(29)30,18-10-5-4-6-11-18)15-21(27)20-14-13-17-9-7-8-12-19(17)25-20/h4-14H,15-16H2,1-3H3. The van der Waals surface area contributed by atoms with E-state index in [1.807, 2.05) is 18.2 Å². The molecule has 0 aliphatic carbocycles. The second-order valence-electron chi connectivity index (χ2n) is 8.43. The van der Waals surface area contributed by atoms with Crippen molar-refractivity contribution in [3.8, 4) is 0 Å². The lowest BCUT2D eigenvalue weighted by atomic mass is 9.75. The Balaban J connectivity index is 2.08. The molecule has 0 aliphatic rings. The Morgan fingerprint density at radius 3 is 2.26 bits per heavy atom. The molecular weight excluding hydrogens is 396 g/mol. The molecule has 1 aromatic heterocycles. The summed E-state index contributed by atoms with van der Waals surface area (Å²) in [6.45, 7) is 4.27. The Hall–Kier alpha value is -3.61. The number of nitrogens with zero attached hydrogens (tertiary/aromatic N) is 2. The largest absolute Gasteiger partial charge is 0.459 e. The summed E-state index contributed by atoms with van der Waals surface area (Å²) in [5.41, 5.74) is -1.52. The number of ketones is 1. The second-order valence-corrected chi connectivity index (χ2v) is 8.43. The van der Waals surface area contributed by atoms with Crippen LogP contribution in [0.5, 0.6) is 0 Å². The number of esters is 1. The van der Waals surface area contributed by atoms with Gasteiger partial charge in [0.05, 0.1) is 5.52 Å². The van der Waals surface area contributed by atoms with Crippen molar-refractivity contribution in [2.45, 2.75) is 38.2 Å². The van der Waals surface area contributed by atoms with Gasteiger partial charge in [0, 0.05) is 16.7 Å². The minimum Gasteiger partial charge on any atom is -0.459 e. The molecule has 0 fully saturated rings. The molecule has 160 valence electrons. The number of hydrogen-bond donors (Lipinski definition) is 0. The third-order valence-electron chi connectivity index (χ3n) is 4.86. The van der Waals surface area contributed by atoms with Crippen LogP contribution in [0.4, 0.5) is 0 Å². The number of ether oxygens (including phenoxy) is 1. The molecular formula is C24H24N2O5. The molecule has 1 unspecified atom stereocenters. The molecule has 0 amide bonds. The van der Waals surface area contributed by atoms with Crippen molar-refractivity contribution in [1.29, 1.82) is 0 Å². The van der Waals surface area contributed by atoms with Crippen LogP contribution in [-0.4, -0.2) is 33.8 Å². The third kappa shape index (κ3) is 5.12. The first kappa shape index (κ1) is 22.1. The highest BCUT2D eigenvalue weighted by Gasteiger charge is 2.50. The lowest BCUT2D eigenvalue weighted by molar-refractivity contribution is -0.488. The molecule has 0 aliphatic heterocycles. The van der Waals surface area contributed by atoms with Gasteiger partial charge in [0.2, 0.25) is 6.54 Å². The molecule has 1 atom stereocenters. The molecule has 31 heavy (non-hydrogen) atoms.